The number of aromatic amines is 1. The van der Waals surface area contributed by atoms with Gasteiger partial charge in [-0.15, -0.1) is 0 Å². The number of anilines is 1. The Labute approximate surface area is 118 Å². The van der Waals surface area contributed by atoms with Crippen LogP contribution in [0.4, 0.5) is 10.7 Å². The molecule has 1 amide bonds. The number of carbonyl (C=O) groups is 2. The Hall–Kier alpha value is -3.16. The lowest BCUT2D eigenvalue weighted by molar-refractivity contribution is 0.0690. The van der Waals surface area contributed by atoms with E-state index in [4.69, 9.17) is 9.84 Å². The molecule has 1 aromatic carbocycles. The first-order valence-electron chi connectivity index (χ1n) is 5.87. The van der Waals surface area contributed by atoms with E-state index < -0.39 is 23.3 Å². The molecule has 0 aliphatic carbocycles. The summed E-state index contributed by atoms with van der Waals surface area (Å²) in [7, 11) is 0. The fourth-order valence-electron chi connectivity index (χ4n) is 1.48. The standard InChI is InChI=1S/C13H11N3O5/c17-10-6-9(11(18)19)14-12(15-10)16-13(20)21-7-8-4-2-1-3-5-8/h1-6H,7H2,(H,18,19)(H2,14,15,16,17,20). The summed E-state index contributed by atoms with van der Waals surface area (Å²) >= 11 is 0. The Morgan fingerprint density at radius 3 is 2.67 bits per heavy atom. The third-order valence-corrected chi connectivity index (χ3v) is 2.39. The van der Waals surface area contributed by atoms with Gasteiger partial charge in [0.15, 0.2) is 5.69 Å². The molecule has 0 saturated carbocycles. The first kappa shape index (κ1) is 14.3. The quantitative estimate of drug-likeness (QED) is 0.778. The summed E-state index contributed by atoms with van der Waals surface area (Å²) in [6.07, 6.45) is -0.857. The molecule has 2 rings (SSSR count). The molecule has 108 valence electrons. The molecule has 1 aromatic heterocycles. The van der Waals surface area contributed by atoms with Gasteiger partial charge in [0.25, 0.3) is 5.56 Å². The average Bonchev–Trinajstić information content (AvgIpc) is 2.45. The molecule has 0 aliphatic rings. The zero-order valence-electron chi connectivity index (χ0n) is 10.7. The highest BCUT2D eigenvalue weighted by molar-refractivity contribution is 5.87. The van der Waals surface area contributed by atoms with Crippen molar-refractivity contribution in [3.05, 3.63) is 58.0 Å². The molecular formula is C13H11N3O5. The molecule has 0 saturated heterocycles. The maximum Gasteiger partial charge on any atom is 0.414 e. The number of aromatic carboxylic acids is 1. The maximum atomic E-state index is 11.5. The van der Waals surface area contributed by atoms with Gasteiger partial charge in [0.1, 0.15) is 6.61 Å². The third kappa shape index (κ3) is 4.16. The molecule has 0 bridgehead atoms. The number of rotatable bonds is 4. The van der Waals surface area contributed by atoms with Crippen LogP contribution in [0.2, 0.25) is 0 Å². The number of nitrogens with one attached hydrogen (secondary N) is 2. The Morgan fingerprint density at radius 2 is 2.00 bits per heavy atom. The number of carboxylic acids is 1. The van der Waals surface area contributed by atoms with Gasteiger partial charge in [-0.1, -0.05) is 30.3 Å². The number of carbonyl (C=O) groups excluding carboxylic acids is 1. The molecule has 0 spiro atoms. The summed E-state index contributed by atoms with van der Waals surface area (Å²) < 4.78 is 4.91. The lowest BCUT2D eigenvalue weighted by atomic mass is 10.2. The monoisotopic (exact) mass is 289 g/mol. The van der Waals surface area contributed by atoms with Crippen LogP contribution in [0.5, 0.6) is 0 Å². The first-order valence-corrected chi connectivity index (χ1v) is 5.87. The van der Waals surface area contributed by atoms with Crippen LogP contribution >= 0.6 is 0 Å². The lowest BCUT2D eigenvalue weighted by Gasteiger charge is -2.06. The van der Waals surface area contributed by atoms with Gasteiger partial charge in [0.05, 0.1) is 0 Å². The minimum atomic E-state index is -1.37. The van der Waals surface area contributed by atoms with Crippen LogP contribution in [0.15, 0.2) is 41.2 Å². The number of carboxylic acid groups (broad SMARTS) is 1. The van der Waals surface area contributed by atoms with Crippen LogP contribution in [0, 0.1) is 0 Å². The largest absolute Gasteiger partial charge is 0.477 e. The minimum Gasteiger partial charge on any atom is -0.477 e. The Morgan fingerprint density at radius 1 is 1.29 bits per heavy atom. The predicted molar refractivity (Wildman–Crippen MR) is 72.1 cm³/mol. The first-order chi connectivity index (χ1) is 10.0. The Kier molecular flexibility index (Phi) is 4.30. The second-order valence-electron chi connectivity index (χ2n) is 3.97. The summed E-state index contributed by atoms with van der Waals surface area (Å²) in [5.74, 6) is -1.67. The number of aromatic nitrogens is 2. The minimum absolute atomic E-state index is 0.0372. The molecule has 3 N–H and O–H groups in total. The number of nitrogens with zero attached hydrogens (tertiary/aromatic N) is 1. The third-order valence-electron chi connectivity index (χ3n) is 2.39. The molecule has 2 aromatic rings. The van der Waals surface area contributed by atoms with Crippen molar-refractivity contribution in [3.63, 3.8) is 0 Å². The van der Waals surface area contributed by atoms with E-state index in [-0.39, 0.29) is 12.6 Å². The highest BCUT2D eigenvalue weighted by Gasteiger charge is 2.11. The van der Waals surface area contributed by atoms with E-state index in [1.165, 1.54) is 0 Å². The van der Waals surface area contributed by atoms with Gasteiger partial charge in [-0.3, -0.25) is 15.1 Å². The van der Waals surface area contributed by atoms with E-state index >= 15 is 0 Å². The van der Waals surface area contributed by atoms with Crippen molar-refractivity contribution >= 4 is 18.0 Å². The Bertz CT molecular complexity index is 711. The van der Waals surface area contributed by atoms with Gasteiger partial charge >= 0.3 is 12.1 Å². The van der Waals surface area contributed by atoms with E-state index in [2.05, 4.69) is 15.3 Å². The SMILES string of the molecule is O=C(Nc1nc(C(=O)O)cc(=O)[nH]1)OCc1ccccc1. The zero-order chi connectivity index (χ0) is 15.2. The van der Waals surface area contributed by atoms with Crippen molar-refractivity contribution in [2.75, 3.05) is 5.32 Å². The smallest absolute Gasteiger partial charge is 0.414 e. The molecule has 0 aliphatic heterocycles. The summed E-state index contributed by atoms with van der Waals surface area (Å²) in [6.45, 7) is 0.0372. The van der Waals surface area contributed by atoms with Crippen LogP contribution in [0.3, 0.4) is 0 Å². The number of hydrogen-bond acceptors (Lipinski definition) is 5. The van der Waals surface area contributed by atoms with Gasteiger partial charge in [0.2, 0.25) is 5.95 Å². The van der Waals surface area contributed by atoms with E-state index in [9.17, 15) is 14.4 Å². The van der Waals surface area contributed by atoms with Crippen molar-refractivity contribution in [2.45, 2.75) is 6.61 Å². The zero-order valence-corrected chi connectivity index (χ0v) is 10.7. The van der Waals surface area contributed by atoms with Crippen LogP contribution in [0.1, 0.15) is 16.1 Å². The lowest BCUT2D eigenvalue weighted by Crippen LogP contribution is -2.20. The second kappa shape index (κ2) is 6.33. The van der Waals surface area contributed by atoms with Gasteiger partial charge in [-0.2, -0.15) is 0 Å². The molecule has 1 heterocycles. The molecule has 0 fully saturated rings. The van der Waals surface area contributed by atoms with E-state index in [0.29, 0.717) is 0 Å². The number of amides is 1. The highest BCUT2D eigenvalue weighted by atomic mass is 16.5. The summed E-state index contributed by atoms with van der Waals surface area (Å²) in [4.78, 5) is 39.3. The average molecular weight is 289 g/mol. The summed E-state index contributed by atoms with van der Waals surface area (Å²) in [5.41, 5.74) is -0.383. The van der Waals surface area contributed by atoms with Gasteiger partial charge < -0.3 is 9.84 Å². The van der Waals surface area contributed by atoms with Crippen molar-refractivity contribution < 1.29 is 19.4 Å². The number of hydrogen-bond donors (Lipinski definition) is 3. The number of benzene rings is 1. The van der Waals surface area contributed by atoms with Gasteiger partial charge in [0, 0.05) is 6.07 Å². The van der Waals surface area contributed by atoms with Crippen LogP contribution < -0.4 is 10.9 Å². The van der Waals surface area contributed by atoms with Crippen LogP contribution in [-0.4, -0.2) is 27.1 Å². The molecule has 0 atom stereocenters. The molecule has 8 nitrogen and oxygen atoms in total. The highest BCUT2D eigenvalue weighted by Crippen LogP contribution is 2.03. The normalized spacial score (nSPS) is 9.90. The molecule has 8 heteroatoms. The molecule has 21 heavy (non-hydrogen) atoms. The topological polar surface area (TPSA) is 121 Å². The molecular weight excluding hydrogens is 278 g/mol. The van der Waals surface area contributed by atoms with E-state index in [1.807, 2.05) is 6.07 Å². The number of H-pyrrole nitrogens is 1. The number of ether oxygens (including phenoxy) is 1. The fourth-order valence-corrected chi connectivity index (χ4v) is 1.48. The summed E-state index contributed by atoms with van der Waals surface area (Å²) in [6, 6.07) is 9.79. The maximum absolute atomic E-state index is 11.5. The molecule has 0 unspecified atom stereocenters. The van der Waals surface area contributed by atoms with E-state index in [1.54, 1.807) is 24.3 Å². The van der Waals surface area contributed by atoms with Gasteiger partial charge in [-0.25, -0.2) is 14.6 Å². The van der Waals surface area contributed by atoms with Crippen LogP contribution in [0.25, 0.3) is 0 Å². The van der Waals surface area contributed by atoms with Crippen LogP contribution in [-0.2, 0) is 11.3 Å². The Balaban J connectivity index is 1.99. The van der Waals surface area contributed by atoms with Crippen molar-refractivity contribution in [3.8, 4) is 0 Å². The van der Waals surface area contributed by atoms with Crippen molar-refractivity contribution in [1.29, 1.82) is 0 Å². The van der Waals surface area contributed by atoms with E-state index in [0.717, 1.165) is 11.6 Å². The van der Waals surface area contributed by atoms with Gasteiger partial charge in [-0.05, 0) is 5.56 Å². The summed E-state index contributed by atoms with van der Waals surface area (Å²) in [5, 5.41) is 10.9. The predicted octanol–water partition coefficient (Wildman–Crippen LogP) is 1.22. The van der Waals surface area contributed by atoms with Crippen molar-refractivity contribution in [2.24, 2.45) is 0 Å². The van der Waals surface area contributed by atoms with Crippen molar-refractivity contribution in [1.82, 2.24) is 9.97 Å². The molecule has 0 radical (unpaired) electrons. The second-order valence-corrected chi connectivity index (χ2v) is 3.97. The fraction of sp³-hybridized carbons (Fsp3) is 0.0769.